The normalized spacial score (nSPS) is 15.8. The quantitative estimate of drug-likeness (QED) is 0.459. The van der Waals surface area contributed by atoms with Crippen molar-refractivity contribution in [3.05, 3.63) is 65.5 Å². The molecular formula is C23H23N5O3S. The molecule has 1 saturated heterocycles. The summed E-state index contributed by atoms with van der Waals surface area (Å²) in [6.45, 7) is 3.74. The van der Waals surface area contributed by atoms with E-state index in [4.69, 9.17) is 14.1 Å². The van der Waals surface area contributed by atoms with E-state index in [1.54, 1.807) is 24.9 Å². The van der Waals surface area contributed by atoms with Crippen LogP contribution in [0.3, 0.4) is 0 Å². The lowest BCUT2D eigenvalue weighted by atomic mass is 10.2. The summed E-state index contributed by atoms with van der Waals surface area (Å²) in [5.74, 6) is 0.697. The van der Waals surface area contributed by atoms with E-state index in [1.165, 1.54) is 11.3 Å². The van der Waals surface area contributed by atoms with E-state index in [9.17, 15) is 4.79 Å². The first-order valence-electron chi connectivity index (χ1n) is 10.5. The van der Waals surface area contributed by atoms with Gasteiger partial charge < -0.3 is 19.0 Å². The molecule has 8 nitrogen and oxygen atoms in total. The predicted octanol–water partition coefficient (Wildman–Crippen LogP) is 3.93. The Bertz CT molecular complexity index is 1190. The highest BCUT2D eigenvalue weighted by atomic mass is 32.1. The lowest BCUT2D eigenvalue weighted by Gasteiger charge is -2.11. The minimum absolute atomic E-state index is 0.0945. The molecule has 4 aromatic rings. The average molecular weight is 450 g/mol. The van der Waals surface area contributed by atoms with Gasteiger partial charge in [-0.15, -0.1) is 11.3 Å². The van der Waals surface area contributed by atoms with Gasteiger partial charge in [-0.25, -0.2) is 4.98 Å². The van der Waals surface area contributed by atoms with Gasteiger partial charge in [0.15, 0.2) is 0 Å². The number of furan rings is 1. The Balaban J connectivity index is 1.47. The Hall–Kier alpha value is -3.30. The number of hydrogen-bond acceptors (Lipinski definition) is 7. The van der Waals surface area contributed by atoms with Gasteiger partial charge in [-0.05, 0) is 38.0 Å². The largest absolute Gasteiger partial charge is 0.467 e. The lowest BCUT2D eigenvalue weighted by Crippen LogP contribution is -2.32. The van der Waals surface area contributed by atoms with Gasteiger partial charge in [0.2, 0.25) is 0 Å². The molecule has 1 aliphatic rings. The number of rotatable bonds is 7. The molecule has 1 N–H and O–H groups in total. The number of carbonyl (C=O) groups excluding carboxylic acids is 1. The smallest absolute Gasteiger partial charge is 0.253 e. The molecule has 5 rings (SSSR count). The van der Waals surface area contributed by atoms with E-state index in [0.29, 0.717) is 18.7 Å². The van der Waals surface area contributed by atoms with E-state index >= 15 is 0 Å². The van der Waals surface area contributed by atoms with Gasteiger partial charge in [-0.1, -0.05) is 0 Å². The Morgan fingerprint density at radius 2 is 2.28 bits per heavy atom. The van der Waals surface area contributed by atoms with Crippen LogP contribution < -0.4 is 5.32 Å². The van der Waals surface area contributed by atoms with E-state index in [-0.39, 0.29) is 12.0 Å². The third-order valence-electron chi connectivity index (χ3n) is 5.57. The minimum Gasteiger partial charge on any atom is -0.467 e. The summed E-state index contributed by atoms with van der Waals surface area (Å²) < 4.78 is 13.3. The van der Waals surface area contributed by atoms with Gasteiger partial charge in [0.05, 0.1) is 42.1 Å². The van der Waals surface area contributed by atoms with E-state index in [2.05, 4.69) is 19.9 Å². The number of aromatic nitrogens is 4. The molecule has 0 aliphatic carbocycles. The van der Waals surface area contributed by atoms with Crippen LogP contribution in [0.25, 0.3) is 22.1 Å². The first-order valence-corrected chi connectivity index (χ1v) is 11.4. The highest BCUT2D eigenvalue weighted by Crippen LogP contribution is 2.31. The van der Waals surface area contributed by atoms with Gasteiger partial charge in [0.1, 0.15) is 16.5 Å². The van der Waals surface area contributed by atoms with Crippen molar-refractivity contribution in [2.24, 2.45) is 0 Å². The summed E-state index contributed by atoms with van der Waals surface area (Å²) >= 11 is 1.50. The lowest BCUT2D eigenvalue weighted by molar-refractivity contribution is 0.0857. The molecule has 164 valence electrons. The molecule has 4 aromatic heterocycles. The molecule has 0 radical (unpaired) electrons. The topological polar surface area (TPSA) is 95.1 Å². The summed E-state index contributed by atoms with van der Waals surface area (Å²) in [5.41, 5.74) is 3.84. The number of hydrogen-bond donors (Lipinski definition) is 1. The van der Waals surface area contributed by atoms with Crippen LogP contribution in [-0.4, -0.2) is 44.7 Å². The maximum Gasteiger partial charge on any atom is 0.253 e. The molecule has 0 bridgehead atoms. The van der Waals surface area contributed by atoms with Crippen LogP contribution in [-0.2, 0) is 11.3 Å². The van der Waals surface area contributed by atoms with Crippen molar-refractivity contribution in [1.29, 1.82) is 0 Å². The number of thiazole rings is 1. The Kier molecular flexibility index (Phi) is 5.83. The van der Waals surface area contributed by atoms with Gasteiger partial charge >= 0.3 is 0 Å². The molecule has 1 unspecified atom stereocenters. The molecule has 5 heterocycles. The zero-order valence-corrected chi connectivity index (χ0v) is 18.5. The molecule has 32 heavy (non-hydrogen) atoms. The second-order valence-corrected chi connectivity index (χ2v) is 8.53. The van der Waals surface area contributed by atoms with Crippen molar-refractivity contribution in [3.8, 4) is 22.1 Å². The Morgan fingerprint density at radius 3 is 3.03 bits per heavy atom. The van der Waals surface area contributed by atoms with Crippen molar-refractivity contribution in [1.82, 2.24) is 24.8 Å². The van der Waals surface area contributed by atoms with Crippen LogP contribution in [0, 0.1) is 6.92 Å². The second-order valence-electron chi connectivity index (χ2n) is 7.67. The molecule has 1 fully saturated rings. The van der Waals surface area contributed by atoms with Crippen molar-refractivity contribution < 1.29 is 13.9 Å². The zero-order chi connectivity index (χ0) is 21.9. The molecule has 0 aromatic carbocycles. The molecular weight excluding hydrogens is 426 g/mol. The number of nitrogens with one attached hydrogen (secondary N) is 1. The van der Waals surface area contributed by atoms with Crippen LogP contribution in [0.2, 0.25) is 0 Å². The summed E-state index contributed by atoms with van der Waals surface area (Å²) in [6, 6.07) is 5.68. The van der Waals surface area contributed by atoms with Crippen molar-refractivity contribution in [2.45, 2.75) is 32.4 Å². The van der Waals surface area contributed by atoms with Crippen LogP contribution >= 0.6 is 11.3 Å². The molecule has 0 saturated carbocycles. The highest BCUT2D eigenvalue weighted by Gasteiger charge is 2.23. The Morgan fingerprint density at radius 1 is 1.34 bits per heavy atom. The third-order valence-corrected chi connectivity index (χ3v) is 6.43. The molecule has 1 aliphatic heterocycles. The van der Waals surface area contributed by atoms with E-state index in [1.807, 2.05) is 30.5 Å². The van der Waals surface area contributed by atoms with Crippen molar-refractivity contribution >= 4 is 17.2 Å². The summed E-state index contributed by atoms with van der Waals surface area (Å²) in [6.07, 6.45) is 8.75. The van der Waals surface area contributed by atoms with Crippen LogP contribution in [0.15, 0.2) is 52.9 Å². The first-order chi connectivity index (χ1) is 15.7. The van der Waals surface area contributed by atoms with E-state index in [0.717, 1.165) is 53.0 Å². The fourth-order valence-corrected chi connectivity index (χ4v) is 4.65. The summed E-state index contributed by atoms with van der Waals surface area (Å²) in [7, 11) is 0. The fourth-order valence-electron chi connectivity index (χ4n) is 3.88. The number of amides is 1. The Labute approximate surface area is 189 Å². The van der Waals surface area contributed by atoms with Gasteiger partial charge in [0, 0.05) is 36.6 Å². The van der Waals surface area contributed by atoms with Gasteiger partial charge in [-0.3, -0.25) is 14.8 Å². The standard InChI is InChI=1S/C23H23N5O3S/c1-15-18(22(29)26-11-16-4-2-8-30-16)10-21(28(15)13-17-5-3-9-31-17)20-14-32-23(27-20)19-12-24-6-7-25-19/h3,5-7,9-10,12,14,16H,2,4,8,11,13H2,1H3,(H,26,29). The first kappa shape index (κ1) is 20.6. The number of ether oxygens (including phenoxy) is 1. The van der Waals surface area contributed by atoms with Gasteiger partial charge in [-0.2, -0.15) is 0 Å². The van der Waals surface area contributed by atoms with Crippen LogP contribution in [0.1, 0.15) is 34.7 Å². The molecule has 9 heteroatoms. The van der Waals surface area contributed by atoms with Crippen molar-refractivity contribution in [2.75, 3.05) is 13.2 Å². The maximum atomic E-state index is 13.0. The zero-order valence-electron chi connectivity index (χ0n) is 17.7. The molecule has 1 amide bonds. The van der Waals surface area contributed by atoms with Crippen LogP contribution in [0.5, 0.6) is 0 Å². The molecule has 0 spiro atoms. The minimum atomic E-state index is -0.109. The third kappa shape index (κ3) is 4.21. The second kappa shape index (κ2) is 9.05. The predicted molar refractivity (Wildman–Crippen MR) is 120 cm³/mol. The number of nitrogens with zero attached hydrogens (tertiary/aromatic N) is 4. The van der Waals surface area contributed by atoms with E-state index < -0.39 is 0 Å². The summed E-state index contributed by atoms with van der Waals surface area (Å²) in [5, 5.41) is 5.78. The highest BCUT2D eigenvalue weighted by molar-refractivity contribution is 7.13. The van der Waals surface area contributed by atoms with Gasteiger partial charge in [0.25, 0.3) is 5.91 Å². The van der Waals surface area contributed by atoms with Crippen LogP contribution in [0.4, 0.5) is 0 Å². The monoisotopic (exact) mass is 449 g/mol. The SMILES string of the molecule is Cc1c(C(=O)NCC2CCCO2)cc(-c2csc(-c3cnccn3)n2)n1Cc1ccco1. The number of carbonyl (C=O) groups is 1. The molecule has 1 atom stereocenters. The fraction of sp³-hybridized carbons (Fsp3) is 0.304. The average Bonchev–Trinajstić information content (AvgIpc) is 3.62. The van der Waals surface area contributed by atoms with Crippen molar-refractivity contribution in [3.63, 3.8) is 0 Å². The summed E-state index contributed by atoms with van der Waals surface area (Å²) in [4.78, 5) is 26.3. The maximum absolute atomic E-state index is 13.0.